The van der Waals surface area contributed by atoms with E-state index in [0.29, 0.717) is 6.54 Å². The number of hydrogen-bond donors (Lipinski definition) is 1. The summed E-state index contributed by atoms with van der Waals surface area (Å²) in [4.78, 5) is 34.8. The minimum absolute atomic E-state index is 0.00386. The number of carbonyl (C=O) groups is 2. The molecule has 0 unspecified atom stereocenters. The predicted octanol–water partition coefficient (Wildman–Crippen LogP) is 1.83. The van der Waals surface area contributed by atoms with E-state index in [1.54, 1.807) is 0 Å². The van der Waals surface area contributed by atoms with E-state index in [1.807, 2.05) is 31.2 Å². The number of piperidine rings is 1. The van der Waals surface area contributed by atoms with Crippen LogP contribution in [0.2, 0.25) is 0 Å². The molecule has 0 radical (unpaired) electrons. The van der Waals surface area contributed by atoms with E-state index < -0.39 is 0 Å². The molecule has 0 bridgehead atoms. The molecule has 7 nitrogen and oxygen atoms in total. The molecule has 1 amide bonds. The fraction of sp³-hybridized carbons (Fsp3) is 0.474. The van der Waals surface area contributed by atoms with E-state index in [4.69, 9.17) is 0 Å². The van der Waals surface area contributed by atoms with E-state index in [2.05, 4.69) is 24.9 Å². The van der Waals surface area contributed by atoms with Gasteiger partial charge in [0.25, 0.3) is 0 Å². The summed E-state index contributed by atoms with van der Waals surface area (Å²) in [6.45, 7) is 3.80. The standard InChI is InChI=1S/C19H24N4O3/c1-13-15-5-3-4-6-16(15)22-19(21-13)23-11-8-14(9-12-23)18(25)20-10-7-17(24)26-2/h3-6,14H,7-12H2,1-2H3,(H,20,25). The summed E-state index contributed by atoms with van der Waals surface area (Å²) in [6.07, 6.45) is 1.70. The van der Waals surface area contributed by atoms with Crippen LogP contribution in [-0.4, -0.2) is 48.6 Å². The molecule has 1 aliphatic heterocycles. The molecule has 0 spiro atoms. The molecule has 2 heterocycles. The molecule has 7 heteroatoms. The molecule has 1 aromatic heterocycles. The van der Waals surface area contributed by atoms with E-state index in [1.165, 1.54) is 7.11 Å². The zero-order chi connectivity index (χ0) is 18.5. The summed E-state index contributed by atoms with van der Waals surface area (Å²) in [5.74, 6) is 0.379. The van der Waals surface area contributed by atoms with Crippen LogP contribution in [0.15, 0.2) is 24.3 Å². The number of rotatable bonds is 5. The van der Waals surface area contributed by atoms with Crippen molar-refractivity contribution in [3.63, 3.8) is 0 Å². The van der Waals surface area contributed by atoms with Crippen molar-refractivity contribution in [2.75, 3.05) is 31.6 Å². The Bertz CT molecular complexity index is 800. The first-order chi connectivity index (χ1) is 12.6. The molecule has 1 fully saturated rings. The number of fused-ring (bicyclic) bond motifs is 1. The predicted molar refractivity (Wildman–Crippen MR) is 98.9 cm³/mol. The number of benzene rings is 1. The molecule has 1 aliphatic rings. The van der Waals surface area contributed by atoms with E-state index in [9.17, 15) is 9.59 Å². The number of aryl methyl sites for hydroxylation is 1. The minimum Gasteiger partial charge on any atom is -0.469 e. The summed E-state index contributed by atoms with van der Waals surface area (Å²) >= 11 is 0. The second-order valence-corrected chi connectivity index (χ2v) is 6.50. The van der Waals surface area contributed by atoms with Gasteiger partial charge in [-0.05, 0) is 25.8 Å². The first kappa shape index (κ1) is 18.1. The normalized spacial score (nSPS) is 15.1. The highest BCUT2D eigenvalue weighted by Gasteiger charge is 2.26. The second kappa shape index (κ2) is 8.12. The number of amides is 1. The summed E-state index contributed by atoms with van der Waals surface area (Å²) in [5, 5.41) is 3.88. The largest absolute Gasteiger partial charge is 0.469 e. The Morgan fingerprint density at radius 2 is 1.96 bits per heavy atom. The summed E-state index contributed by atoms with van der Waals surface area (Å²) < 4.78 is 4.57. The molecular weight excluding hydrogens is 332 g/mol. The van der Waals surface area contributed by atoms with Gasteiger partial charge in [0.2, 0.25) is 11.9 Å². The van der Waals surface area contributed by atoms with E-state index in [0.717, 1.165) is 48.5 Å². The lowest BCUT2D eigenvalue weighted by molar-refractivity contribution is -0.140. The lowest BCUT2D eigenvalue weighted by Crippen LogP contribution is -2.41. The summed E-state index contributed by atoms with van der Waals surface area (Å²) in [5.41, 5.74) is 1.91. The monoisotopic (exact) mass is 356 g/mol. The quantitative estimate of drug-likeness (QED) is 0.823. The highest BCUT2D eigenvalue weighted by molar-refractivity contribution is 5.82. The fourth-order valence-corrected chi connectivity index (χ4v) is 3.24. The number of ether oxygens (including phenoxy) is 1. The fourth-order valence-electron chi connectivity index (χ4n) is 3.24. The summed E-state index contributed by atoms with van der Waals surface area (Å²) in [7, 11) is 1.34. The molecule has 1 aromatic carbocycles. The van der Waals surface area contributed by atoms with Gasteiger partial charge in [0.1, 0.15) is 0 Å². The first-order valence-corrected chi connectivity index (χ1v) is 8.91. The lowest BCUT2D eigenvalue weighted by atomic mass is 9.96. The number of esters is 1. The van der Waals surface area contributed by atoms with E-state index >= 15 is 0 Å². The van der Waals surface area contributed by atoms with Crippen LogP contribution in [0.4, 0.5) is 5.95 Å². The van der Waals surface area contributed by atoms with Crippen LogP contribution >= 0.6 is 0 Å². The number of methoxy groups -OCH3 is 1. The highest BCUT2D eigenvalue weighted by atomic mass is 16.5. The average Bonchev–Trinajstić information content (AvgIpc) is 2.67. The average molecular weight is 356 g/mol. The Balaban J connectivity index is 1.57. The van der Waals surface area contributed by atoms with Crippen LogP contribution in [0.25, 0.3) is 10.9 Å². The van der Waals surface area contributed by atoms with Crippen molar-refractivity contribution in [1.29, 1.82) is 0 Å². The number of carbonyl (C=O) groups excluding carboxylic acids is 2. The zero-order valence-electron chi connectivity index (χ0n) is 15.2. The number of nitrogens with zero attached hydrogens (tertiary/aromatic N) is 3. The van der Waals surface area contributed by atoms with Gasteiger partial charge in [-0.25, -0.2) is 9.97 Å². The number of aromatic nitrogens is 2. The number of para-hydroxylation sites is 1. The molecule has 26 heavy (non-hydrogen) atoms. The van der Waals surface area contributed by atoms with Gasteiger partial charge in [-0.15, -0.1) is 0 Å². The van der Waals surface area contributed by atoms with Gasteiger partial charge in [-0.1, -0.05) is 18.2 Å². The maximum absolute atomic E-state index is 12.2. The van der Waals surface area contributed by atoms with Gasteiger partial charge in [0.05, 0.1) is 24.7 Å². The van der Waals surface area contributed by atoms with Crippen LogP contribution in [0.5, 0.6) is 0 Å². The van der Waals surface area contributed by atoms with Crippen LogP contribution < -0.4 is 10.2 Å². The third kappa shape index (κ3) is 4.09. The van der Waals surface area contributed by atoms with Gasteiger partial charge in [0, 0.05) is 30.9 Å². The molecule has 1 N–H and O–H groups in total. The molecule has 0 saturated carbocycles. The summed E-state index contributed by atoms with van der Waals surface area (Å²) in [6, 6.07) is 7.99. The van der Waals surface area contributed by atoms with Crippen molar-refractivity contribution in [3.05, 3.63) is 30.0 Å². The molecule has 138 valence electrons. The van der Waals surface area contributed by atoms with Crippen molar-refractivity contribution in [3.8, 4) is 0 Å². The van der Waals surface area contributed by atoms with Gasteiger partial charge in [0.15, 0.2) is 0 Å². The molecular formula is C19H24N4O3. The third-order valence-corrected chi connectivity index (χ3v) is 4.79. The van der Waals surface area contributed by atoms with Crippen molar-refractivity contribution in [2.45, 2.75) is 26.2 Å². The SMILES string of the molecule is COC(=O)CCNC(=O)C1CCN(c2nc(C)c3ccccc3n2)CC1. The third-order valence-electron chi connectivity index (χ3n) is 4.79. The van der Waals surface area contributed by atoms with Gasteiger partial charge < -0.3 is 15.0 Å². The van der Waals surface area contributed by atoms with Gasteiger partial charge in [-0.3, -0.25) is 9.59 Å². The van der Waals surface area contributed by atoms with Crippen LogP contribution in [0, 0.1) is 12.8 Å². The zero-order valence-corrected chi connectivity index (χ0v) is 15.2. The Morgan fingerprint density at radius 1 is 1.23 bits per heavy atom. The molecule has 0 atom stereocenters. The topological polar surface area (TPSA) is 84.4 Å². The van der Waals surface area contributed by atoms with Crippen LogP contribution in [-0.2, 0) is 14.3 Å². The first-order valence-electron chi connectivity index (χ1n) is 8.91. The van der Waals surface area contributed by atoms with Gasteiger partial charge in [-0.2, -0.15) is 0 Å². The minimum atomic E-state index is -0.316. The van der Waals surface area contributed by atoms with E-state index in [-0.39, 0.29) is 24.2 Å². The highest BCUT2D eigenvalue weighted by Crippen LogP contribution is 2.24. The Hall–Kier alpha value is -2.70. The van der Waals surface area contributed by atoms with Crippen molar-refractivity contribution in [2.24, 2.45) is 5.92 Å². The maximum Gasteiger partial charge on any atom is 0.307 e. The van der Waals surface area contributed by atoms with Crippen LogP contribution in [0.3, 0.4) is 0 Å². The number of anilines is 1. The molecule has 0 aliphatic carbocycles. The lowest BCUT2D eigenvalue weighted by Gasteiger charge is -2.31. The maximum atomic E-state index is 12.2. The number of hydrogen-bond acceptors (Lipinski definition) is 6. The molecule has 2 aromatic rings. The second-order valence-electron chi connectivity index (χ2n) is 6.50. The van der Waals surface area contributed by atoms with Crippen molar-refractivity contribution < 1.29 is 14.3 Å². The molecule has 3 rings (SSSR count). The van der Waals surface area contributed by atoms with Crippen LogP contribution in [0.1, 0.15) is 25.0 Å². The van der Waals surface area contributed by atoms with Crippen molar-refractivity contribution >= 4 is 28.7 Å². The van der Waals surface area contributed by atoms with Crippen molar-refractivity contribution in [1.82, 2.24) is 15.3 Å². The Labute approximate surface area is 152 Å². The molecule has 1 saturated heterocycles. The number of nitrogens with one attached hydrogen (secondary N) is 1. The Kier molecular flexibility index (Phi) is 5.65. The smallest absolute Gasteiger partial charge is 0.307 e. The van der Waals surface area contributed by atoms with Gasteiger partial charge >= 0.3 is 5.97 Å². The Morgan fingerprint density at radius 3 is 2.69 bits per heavy atom.